The molecule has 2 aromatic rings. The van der Waals surface area contributed by atoms with Crippen LogP contribution in [0.3, 0.4) is 0 Å². The number of fused-ring (bicyclic) bond motifs is 1. The lowest BCUT2D eigenvalue weighted by molar-refractivity contribution is -0.137. The molecule has 0 amide bonds. The maximum atomic E-state index is 13.8. The fourth-order valence-corrected chi connectivity index (χ4v) is 6.92. The van der Waals surface area contributed by atoms with Crippen LogP contribution in [-0.2, 0) is 21.1 Å². The number of unbranched alkanes of at least 4 members (excludes halogenated alkanes) is 1. The average molecular weight is 474 g/mol. The molecular formula is C26H35NO5S. The highest BCUT2D eigenvalue weighted by atomic mass is 32.2. The molecule has 33 heavy (non-hydrogen) atoms. The smallest absolute Gasteiger partial charge is 0.303 e. The van der Waals surface area contributed by atoms with Crippen molar-refractivity contribution < 1.29 is 23.1 Å². The van der Waals surface area contributed by atoms with Crippen molar-refractivity contribution in [3.63, 3.8) is 0 Å². The van der Waals surface area contributed by atoms with E-state index in [1.807, 2.05) is 43.3 Å². The van der Waals surface area contributed by atoms with Crippen molar-refractivity contribution >= 4 is 15.8 Å². The van der Waals surface area contributed by atoms with E-state index in [4.69, 9.17) is 9.84 Å². The van der Waals surface area contributed by atoms with E-state index < -0.39 is 21.3 Å². The number of benzene rings is 2. The third-order valence-corrected chi connectivity index (χ3v) is 8.59. The summed E-state index contributed by atoms with van der Waals surface area (Å²) in [6.07, 6.45) is 4.30. The Balaban J connectivity index is 2.18. The van der Waals surface area contributed by atoms with Crippen LogP contribution in [0.2, 0.25) is 0 Å². The number of hydrogen-bond donors (Lipinski definition) is 2. The van der Waals surface area contributed by atoms with Crippen LogP contribution in [-0.4, -0.2) is 37.9 Å². The normalized spacial score (nSPS) is 21.7. The Morgan fingerprint density at radius 2 is 1.91 bits per heavy atom. The van der Waals surface area contributed by atoms with E-state index in [0.717, 1.165) is 30.4 Å². The van der Waals surface area contributed by atoms with Gasteiger partial charge in [-0.3, -0.25) is 10.1 Å². The summed E-state index contributed by atoms with van der Waals surface area (Å²) in [5.74, 6) is -0.240. The quantitative estimate of drug-likeness (QED) is 0.509. The summed E-state index contributed by atoms with van der Waals surface area (Å²) in [4.78, 5) is 11.3. The number of carboxylic acids is 1. The topological polar surface area (TPSA) is 92.7 Å². The Kier molecular flexibility index (Phi) is 8.19. The van der Waals surface area contributed by atoms with Crippen LogP contribution < -0.4 is 10.1 Å². The summed E-state index contributed by atoms with van der Waals surface area (Å²) in [5, 5.41) is 12.8. The molecule has 2 N–H and O–H groups in total. The second kappa shape index (κ2) is 10.7. The van der Waals surface area contributed by atoms with Gasteiger partial charge in [-0.1, -0.05) is 57.0 Å². The summed E-state index contributed by atoms with van der Waals surface area (Å²) in [6, 6.07) is 13.2. The fraction of sp³-hybridized carbons (Fsp3) is 0.500. The summed E-state index contributed by atoms with van der Waals surface area (Å²) in [6.45, 7) is 4.17. The number of hydrogen-bond acceptors (Lipinski definition) is 5. The van der Waals surface area contributed by atoms with Gasteiger partial charge in [0.15, 0.2) is 9.84 Å². The van der Waals surface area contributed by atoms with Gasteiger partial charge in [0.1, 0.15) is 5.75 Å². The van der Waals surface area contributed by atoms with E-state index in [2.05, 4.69) is 12.2 Å². The zero-order valence-corrected chi connectivity index (χ0v) is 20.6. The Morgan fingerprint density at radius 1 is 1.18 bits per heavy atom. The Bertz CT molecular complexity index is 1070. The summed E-state index contributed by atoms with van der Waals surface area (Å²) in [5.41, 5.74) is 1.88. The van der Waals surface area contributed by atoms with E-state index in [1.54, 1.807) is 13.2 Å². The van der Waals surface area contributed by atoms with Crippen LogP contribution >= 0.6 is 0 Å². The molecule has 7 heteroatoms. The minimum absolute atomic E-state index is 0.0249. The molecule has 3 rings (SSSR count). The first-order valence-electron chi connectivity index (χ1n) is 11.7. The molecule has 0 aliphatic carbocycles. The highest BCUT2D eigenvalue weighted by Crippen LogP contribution is 2.41. The zero-order valence-electron chi connectivity index (χ0n) is 19.8. The largest absolute Gasteiger partial charge is 0.496 e. The van der Waals surface area contributed by atoms with E-state index in [1.165, 1.54) is 0 Å². The van der Waals surface area contributed by atoms with Crippen molar-refractivity contribution in [3.8, 4) is 5.75 Å². The maximum Gasteiger partial charge on any atom is 0.303 e. The minimum atomic E-state index is -3.59. The molecule has 180 valence electrons. The van der Waals surface area contributed by atoms with Crippen molar-refractivity contribution in [2.75, 3.05) is 12.9 Å². The SMILES string of the molecule is CCCCC1(CC)CS(=O)(=O)c2cc(CCCC(=O)O)c(OC)cc2C(c2ccccc2)N1. The van der Waals surface area contributed by atoms with Gasteiger partial charge in [0.05, 0.1) is 23.8 Å². The molecular weight excluding hydrogens is 438 g/mol. The molecule has 0 radical (unpaired) electrons. The molecule has 0 aromatic heterocycles. The van der Waals surface area contributed by atoms with E-state index in [-0.39, 0.29) is 18.2 Å². The van der Waals surface area contributed by atoms with Gasteiger partial charge in [0, 0.05) is 12.0 Å². The molecule has 6 nitrogen and oxygen atoms in total. The lowest BCUT2D eigenvalue weighted by Gasteiger charge is -2.36. The number of methoxy groups -OCH3 is 1. The molecule has 0 saturated carbocycles. The number of rotatable bonds is 10. The molecule has 0 spiro atoms. The lowest BCUT2D eigenvalue weighted by Crippen LogP contribution is -2.50. The predicted molar refractivity (Wildman–Crippen MR) is 130 cm³/mol. The Hall–Kier alpha value is -2.38. The third-order valence-electron chi connectivity index (χ3n) is 6.63. The third kappa shape index (κ3) is 5.76. The van der Waals surface area contributed by atoms with Crippen LogP contribution in [0.4, 0.5) is 0 Å². The van der Waals surface area contributed by atoms with Crippen LogP contribution in [0.25, 0.3) is 0 Å². The van der Waals surface area contributed by atoms with Gasteiger partial charge in [-0.05, 0) is 54.5 Å². The van der Waals surface area contributed by atoms with Crippen molar-refractivity contribution in [1.29, 1.82) is 0 Å². The monoisotopic (exact) mass is 473 g/mol. The first kappa shape index (κ1) is 25.2. The molecule has 0 saturated heterocycles. The second-order valence-corrected chi connectivity index (χ2v) is 10.9. The Labute approximate surface area is 197 Å². The molecule has 1 heterocycles. The van der Waals surface area contributed by atoms with Crippen LogP contribution in [0.5, 0.6) is 5.75 Å². The number of nitrogens with one attached hydrogen (secondary N) is 1. The summed E-state index contributed by atoms with van der Waals surface area (Å²) < 4.78 is 33.2. The van der Waals surface area contributed by atoms with Crippen LogP contribution in [0, 0.1) is 0 Å². The zero-order chi connectivity index (χ0) is 24.1. The van der Waals surface area contributed by atoms with Crippen molar-refractivity contribution in [2.45, 2.75) is 75.3 Å². The fourth-order valence-electron chi connectivity index (χ4n) is 4.74. The van der Waals surface area contributed by atoms with E-state index in [9.17, 15) is 13.2 Å². The minimum Gasteiger partial charge on any atom is -0.496 e. The maximum absolute atomic E-state index is 13.8. The van der Waals surface area contributed by atoms with Crippen LogP contribution in [0.15, 0.2) is 47.4 Å². The van der Waals surface area contributed by atoms with Gasteiger partial charge in [0.2, 0.25) is 0 Å². The van der Waals surface area contributed by atoms with Gasteiger partial charge in [-0.2, -0.15) is 0 Å². The molecule has 1 aliphatic rings. The van der Waals surface area contributed by atoms with Crippen molar-refractivity contribution in [2.24, 2.45) is 0 Å². The van der Waals surface area contributed by atoms with Gasteiger partial charge in [-0.15, -0.1) is 0 Å². The number of ether oxygens (including phenoxy) is 1. The highest BCUT2D eigenvalue weighted by molar-refractivity contribution is 7.91. The second-order valence-electron chi connectivity index (χ2n) is 8.93. The first-order valence-corrected chi connectivity index (χ1v) is 13.4. The summed E-state index contributed by atoms with van der Waals surface area (Å²) in [7, 11) is -2.03. The highest BCUT2D eigenvalue weighted by Gasteiger charge is 2.42. The Morgan fingerprint density at radius 3 is 2.52 bits per heavy atom. The lowest BCUT2D eigenvalue weighted by atomic mass is 9.87. The van der Waals surface area contributed by atoms with E-state index >= 15 is 0 Å². The molecule has 0 fully saturated rings. The standard InChI is InChI=1S/C26H35NO5S/c1-4-6-15-26(5-2)18-33(30,31)23-16-20(13-10-14-24(28)29)22(32-3)17-21(23)25(27-26)19-11-8-7-9-12-19/h7-9,11-12,16-17,25,27H,4-6,10,13-15,18H2,1-3H3,(H,28,29). The van der Waals surface area contributed by atoms with Gasteiger partial charge >= 0.3 is 5.97 Å². The average Bonchev–Trinajstić information content (AvgIpc) is 2.90. The first-order chi connectivity index (χ1) is 15.7. The molecule has 0 bridgehead atoms. The number of aryl methyl sites for hydroxylation is 1. The number of sulfone groups is 1. The molecule has 1 aliphatic heterocycles. The van der Waals surface area contributed by atoms with Crippen molar-refractivity contribution in [1.82, 2.24) is 5.32 Å². The van der Waals surface area contributed by atoms with Gasteiger partial charge in [0.25, 0.3) is 0 Å². The molecule has 2 unspecified atom stereocenters. The molecule has 2 atom stereocenters. The number of aliphatic carboxylic acids is 1. The predicted octanol–water partition coefficient (Wildman–Crippen LogP) is 4.91. The van der Waals surface area contributed by atoms with Crippen molar-refractivity contribution in [3.05, 3.63) is 59.2 Å². The van der Waals surface area contributed by atoms with Gasteiger partial charge in [-0.25, -0.2) is 8.42 Å². The van der Waals surface area contributed by atoms with E-state index in [0.29, 0.717) is 35.5 Å². The van der Waals surface area contributed by atoms with Crippen LogP contribution in [0.1, 0.15) is 75.1 Å². The summed E-state index contributed by atoms with van der Waals surface area (Å²) >= 11 is 0. The molecule has 2 aromatic carbocycles. The number of carbonyl (C=O) groups is 1. The van der Waals surface area contributed by atoms with Gasteiger partial charge < -0.3 is 9.84 Å². The number of carboxylic acid groups (broad SMARTS) is 1.